The third kappa shape index (κ3) is 4.37. The van der Waals surface area contributed by atoms with Gasteiger partial charge >= 0.3 is 0 Å². The zero-order chi connectivity index (χ0) is 14.4. The van der Waals surface area contributed by atoms with Crippen molar-refractivity contribution in [1.82, 2.24) is 5.32 Å². The molecule has 0 heterocycles. The van der Waals surface area contributed by atoms with E-state index in [1.54, 1.807) is 0 Å². The fourth-order valence-corrected chi connectivity index (χ4v) is 2.94. The van der Waals surface area contributed by atoms with E-state index in [0.29, 0.717) is 23.7 Å². The Morgan fingerprint density at radius 3 is 2.60 bits per heavy atom. The Morgan fingerprint density at radius 2 is 1.95 bits per heavy atom. The summed E-state index contributed by atoms with van der Waals surface area (Å²) in [5.74, 6) is 1.58. The first-order chi connectivity index (χ1) is 9.69. The van der Waals surface area contributed by atoms with Crippen LogP contribution in [0.3, 0.4) is 0 Å². The van der Waals surface area contributed by atoms with Gasteiger partial charge in [-0.05, 0) is 62.2 Å². The van der Waals surface area contributed by atoms with Crippen LogP contribution in [0.4, 0.5) is 5.69 Å². The van der Waals surface area contributed by atoms with Crippen LogP contribution in [0, 0.1) is 5.92 Å². The predicted octanol–water partition coefficient (Wildman–Crippen LogP) is 3.95. The second kappa shape index (κ2) is 7.48. The van der Waals surface area contributed by atoms with E-state index >= 15 is 0 Å². The molecule has 0 spiro atoms. The Morgan fingerprint density at radius 1 is 1.25 bits per heavy atom. The van der Waals surface area contributed by atoms with Crippen molar-refractivity contribution >= 4 is 23.0 Å². The fraction of sp³-hybridized carbons (Fsp3) is 0.562. The SMILES string of the molecule is CCOc1ccc(NC(=S)N[C@@H]2CCCC[C@H]2C)cc1. The normalized spacial score (nSPS) is 22.1. The topological polar surface area (TPSA) is 33.3 Å². The number of hydrogen-bond donors (Lipinski definition) is 2. The lowest BCUT2D eigenvalue weighted by Crippen LogP contribution is -2.43. The van der Waals surface area contributed by atoms with Crippen LogP contribution in [0.2, 0.25) is 0 Å². The van der Waals surface area contributed by atoms with Crippen molar-refractivity contribution < 1.29 is 4.74 Å². The van der Waals surface area contributed by atoms with Crippen molar-refractivity contribution in [2.45, 2.75) is 45.6 Å². The molecule has 1 fully saturated rings. The van der Waals surface area contributed by atoms with Gasteiger partial charge < -0.3 is 15.4 Å². The molecule has 4 heteroatoms. The molecular formula is C16H24N2OS. The molecule has 2 atom stereocenters. The molecule has 1 aliphatic carbocycles. The van der Waals surface area contributed by atoms with Crippen molar-refractivity contribution in [2.24, 2.45) is 5.92 Å². The van der Waals surface area contributed by atoms with E-state index < -0.39 is 0 Å². The highest BCUT2D eigenvalue weighted by Crippen LogP contribution is 2.24. The molecule has 0 saturated heterocycles. The van der Waals surface area contributed by atoms with Gasteiger partial charge in [-0.25, -0.2) is 0 Å². The molecule has 3 nitrogen and oxygen atoms in total. The van der Waals surface area contributed by atoms with Gasteiger partial charge in [0.1, 0.15) is 5.75 Å². The van der Waals surface area contributed by atoms with E-state index in [2.05, 4.69) is 17.6 Å². The number of anilines is 1. The van der Waals surface area contributed by atoms with Gasteiger partial charge in [0.15, 0.2) is 5.11 Å². The van der Waals surface area contributed by atoms with Gasteiger partial charge in [0, 0.05) is 11.7 Å². The number of ether oxygens (including phenoxy) is 1. The summed E-state index contributed by atoms with van der Waals surface area (Å²) in [5.41, 5.74) is 0.995. The van der Waals surface area contributed by atoms with Crippen molar-refractivity contribution in [3.05, 3.63) is 24.3 Å². The van der Waals surface area contributed by atoms with Gasteiger partial charge in [0.25, 0.3) is 0 Å². The molecule has 1 aromatic rings. The number of rotatable bonds is 4. The highest BCUT2D eigenvalue weighted by Gasteiger charge is 2.21. The minimum Gasteiger partial charge on any atom is -0.494 e. The van der Waals surface area contributed by atoms with E-state index in [1.807, 2.05) is 31.2 Å². The van der Waals surface area contributed by atoms with Crippen molar-refractivity contribution in [3.63, 3.8) is 0 Å². The van der Waals surface area contributed by atoms with Crippen LogP contribution in [0.1, 0.15) is 39.5 Å². The average Bonchev–Trinajstić information content (AvgIpc) is 2.44. The lowest BCUT2D eigenvalue weighted by molar-refractivity contribution is 0.309. The summed E-state index contributed by atoms with van der Waals surface area (Å²) in [7, 11) is 0. The van der Waals surface area contributed by atoms with Gasteiger partial charge in [-0.2, -0.15) is 0 Å². The van der Waals surface area contributed by atoms with Gasteiger partial charge in [-0.3, -0.25) is 0 Å². The number of benzene rings is 1. The molecule has 2 N–H and O–H groups in total. The highest BCUT2D eigenvalue weighted by molar-refractivity contribution is 7.80. The monoisotopic (exact) mass is 292 g/mol. The van der Waals surface area contributed by atoms with E-state index in [-0.39, 0.29) is 0 Å². The summed E-state index contributed by atoms with van der Waals surface area (Å²) in [5, 5.41) is 7.41. The molecule has 0 radical (unpaired) electrons. The number of thiocarbonyl (C=S) groups is 1. The zero-order valence-electron chi connectivity index (χ0n) is 12.3. The van der Waals surface area contributed by atoms with Crippen LogP contribution in [-0.4, -0.2) is 17.8 Å². The van der Waals surface area contributed by atoms with E-state index in [4.69, 9.17) is 17.0 Å². The molecule has 1 saturated carbocycles. The Balaban J connectivity index is 1.84. The Kier molecular flexibility index (Phi) is 5.65. The molecule has 1 aromatic carbocycles. The standard InChI is InChI=1S/C16H24N2OS/c1-3-19-14-10-8-13(9-11-14)17-16(20)18-15-7-5-4-6-12(15)2/h8-12,15H,3-7H2,1-2H3,(H2,17,18,20)/t12-,15-/m1/s1. The summed E-state index contributed by atoms with van der Waals surface area (Å²) >= 11 is 5.40. The molecule has 110 valence electrons. The van der Waals surface area contributed by atoms with Crippen LogP contribution < -0.4 is 15.4 Å². The van der Waals surface area contributed by atoms with Gasteiger partial charge in [0.2, 0.25) is 0 Å². The summed E-state index contributed by atoms with van der Waals surface area (Å²) in [6, 6.07) is 8.40. The second-order valence-corrected chi connectivity index (χ2v) is 5.83. The Bertz CT molecular complexity index is 433. The first kappa shape index (κ1) is 15.1. The lowest BCUT2D eigenvalue weighted by atomic mass is 9.86. The van der Waals surface area contributed by atoms with Gasteiger partial charge in [-0.1, -0.05) is 19.8 Å². The molecule has 0 aliphatic heterocycles. The summed E-state index contributed by atoms with van der Waals surface area (Å²) < 4.78 is 5.43. The molecule has 20 heavy (non-hydrogen) atoms. The summed E-state index contributed by atoms with van der Waals surface area (Å²) in [4.78, 5) is 0. The largest absolute Gasteiger partial charge is 0.494 e. The summed E-state index contributed by atoms with van der Waals surface area (Å²) in [6.07, 6.45) is 5.15. The molecule has 2 rings (SSSR count). The molecule has 0 amide bonds. The van der Waals surface area contributed by atoms with Crippen LogP contribution >= 0.6 is 12.2 Å². The lowest BCUT2D eigenvalue weighted by Gasteiger charge is -2.30. The maximum Gasteiger partial charge on any atom is 0.171 e. The third-order valence-electron chi connectivity index (χ3n) is 3.85. The van der Waals surface area contributed by atoms with Crippen LogP contribution in [0.25, 0.3) is 0 Å². The van der Waals surface area contributed by atoms with Crippen LogP contribution in [0.5, 0.6) is 5.75 Å². The zero-order valence-corrected chi connectivity index (χ0v) is 13.1. The smallest absolute Gasteiger partial charge is 0.171 e. The quantitative estimate of drug-likeness (QED) is 0.823. The molecule has 0 aromatic heterocycles. The predicted molar refractivity (Wildman–Crippen MR) is 88.4 cm³/mol. The second-order valence-electron chi connectivity index (χ2n) is 5.42. The third-order valence-corrected chi connectivity index (χ3v) is 4.07. The molecule has 1 aliphatic rings. The Hall–Kier alpha value is -1.29. The molecular weight excluding hydrogens is 268 g/mol. The van der Waals surface area contributed by atoms with Crippen LogP contribution in [-0.2, 0) is 0 Å². The average molecular weight is 292 g/mol. The van der Waals surface area contributed by atoms with Gasteiger partial charge in [-0.15, -0.1) is 0 Å². The van der Waals surface area contributed by atoms with Crippen molar-refractivity contribution in [2.75, 3.05) is 11.9 Å². The maximum absolute atomic E-state index is 5.43. The first-order valence-corrected chi connectivity index (χ1v) is 7.90. The van der Waals surface area contributed by atoms with E-state index in [0.717, 1.165) is 11.4 Å². The number of hydrogen-bond acceptors (Lipinski definition) is 2. The first-order valence-electron chi connectivity index (χ1n) is 7.49. The minimum atomic E-state index is 0.506. The summed E-state index contributed by atoms with van der Waals surface area (Å²) in [6.45, 7) is 4.97. The Labute approximate surface area is 127 Å². The minimum absolute atomic E-state index is 0.506. The van der Waals surface area contributed by atoms with Crippen LogP contribution in [0.15, 0.2) is 24.3 Å². The number of nitrogens with one attached hydrogen (secondary N) is 2. The van der Waals surface area contributed by atoms with E-state index in [9.17, 15) is 0 Å². The van der Waals surface area contributed by atoms with Crippen molar-refractivity contribution in [3.8, 4) is 5.75 Å². The highest BCUT2D eigenvalue weighted by atomic mass is 32.1. The van der Waals surface area contributed by atoms with Crippen molar-refractivity contribution in [1.29, 1.82) is 0 Å². The molecule has 0 unspecified atom stereocenters. The fourth-order valence-electron chi connectivity index (χ4n) is 2.67. The van der Waals surface area contributed by atoms with Gasteiger partial charge in [0.05, 0.1) is 6.61 Å². The molecule has 0 bridgehead atoms. The maximum atomic E-state index is 5.43. The van der Waals surface area contributed by atoms with E-state index in [1.165, 1.54) is 25.7 Å².